The number of amides is 1. The Bertz CT molecular complexity index is 835. The van der Waals surface area contributed by atoms with Gasteiger partial charge in [0.25, 0.3) is 5.91 Å². The van der Waals surface area contributed by atoms with Crippen molar-refractivity contribution in [3.05, 3.63) is 76.7 Å². The molecule has 1 aliphatic rings. The Morgan fingerprint density at radius 2 is 1.77 bits per heavy atom. The molecule has 0 atom stereocenters. The van der Waals surface area contributed by atoms with Gasteiger partial charge >= 0.3 is 0 Å². The molecule has 0 radical (unpaired) electrons. The maximum Gasteiger partial charge on any atom is 0.253 e. The summed E-state index contributed by atoms with van der Waals surface area (Å²) in [5, 5.41) is 6.01. The van der Waals surface area contributed by atoms with E-state index in [-0.39, 0.29) is 5.91 Å². The Morgan fingerprint density at radius 3 is 2.42 bits per heavy atom. The molecule has 0 aromatic heterocycles. The van der Waals surface area contributed by atoms with Crippen LogP contribution in [-0.2, 0) is 0 Å². The van der Waals surface area contributed by atoms with Crippen molar-refractivity contribution >= 4 is 17.3 Å². The molecule has 2 N–H and O–H groups in total. The molecular weight excluding hydrogens is 322 g/mol. The molecule has 1 aliphatic carbocycles. The number of hydrogen-bond donors (Lipinski definition) is 2. The minimum atomic E-state index is -0.128. The molecule has 0 bridgehead atoms. The largest absolute Gasteiger partial charge is 0.355 e. The van der Waals surface area contributed by atoms with Crippen LogP contribution in [0.25, 0.3) is 0 Å². The number of rotatable bonds is 5. The van der Waals surface area contributed by atoms with Crippen molar-refractivity contribution in [2.24, 2.45) is 4.99 Å². The minimum absolute atomic E-state index is 0.128. The average molecular weight is 349 g/mol. The first-order chi connectivity index (χ1) is 12.5. The summed E-state index contributed by atoms with van der Waals surface area (Å²) in [6, 6.07) is 7.44. The fourth-order valence-corrected chi connectivity index (χ4v) is 2.56. The number of nitrogens with one attached hydrogen (secondary N) is 2. The predicted octanol–water partition coefficient (Wildman–Crippen LogP) is 5.00. The molecule has 1 aromatic rings. The molecule has 0 unspecified atom stereocenters. The lowest BCUT2D eigenvalue weighted by molar-refractivity contribution is 0.0964. The van der Waals surface area contributed by atoms with Gasteiger partial charge in [0.15, 0.2) is 0 Å². The molecule has 1 amide bonds. The Hall–Kier alpha value is -2.88. The number of nitrogens with zero attached hydrogens (tertiary/aromatic N) is 1. The van der Waals surface area contributed by atoms with E-state index in [2.05, 4.69) is 30.6 Å². The highest BCUT2D eigenvalue weighted by molar-refractivity contribution is 6.12. The van der Waals surface area contributed by atoms with Crippen molar-refractivity contribution in [1.82, 2.24) is 5.32 Å². The van der Waals surface area contributed by atoms with Gasteiger partial charge in [-0.2, -0.15) is 0 Å². The molecule has 26 heavy (non-hydrogen) atoms. The van der Waals surface area contributed by atoms with Crippen LogP contribution in [0.15, 0.2) is 76.1 Å². The van der Waals surface area contributed by atoms with E-state index in [1.807, 2.05) is 50.3 Å². The summed E-state index contributed by atoms with van der Waals surface area (Å²) in [5.41, 5.74) is 5.74. The van der Waals surface area contributed by atoms with Gasteiger partial charge in [0.05, 0.1) is 17.0 Å². The predicted molar refractivity (Wildman–Crippen MR) is 111 cm³/mol. The molecule has 4 nitrogen and oxygen atoms in total. The molecular formula is C22H27N3O. The molecule has 0 heterocycles. The van der Waals surface area contributed by atoms with Crippen LogP contribution in [0.5, 0.6) is 0 Å². The molecule has 136 valence electrons. The highest BCUT2D eigenvalue weighted by Gasteiger charge is 2.13. The summed E-state index contributed by atoms with van der Waals surface area (Å²) in [5.74, 6) is 0.620. The van der Waals surface area contributed by atoms with Crippen molar-refractivity contribution < 1.29 is 4.79 Å². The minimum Gasteiger partial charge on any atom is -0.355 e. The van der Waals surface area contributed by atoms with Gasteiger partial charge in [-0.15, -0.1) is 0 Å². The number of carbonyl (C=O) groups excluding carboxylic acids is 1. The third kappa shape index (κ3) is 4.60. The Morgan fingerprint density at radius 1 is 1.08 bits per heavy atom. The summed E-state index contributed by atoms with van der Waals surface area (Å²) in [6.45, 7) is 8.29. The van der Waals surface area contributed by atoms with E-state index in [0.29, 0.717) is 5.56 Å². The monoisotopic (exact) mass is 349 g/mol. The van der Waals surface area contributed by atoms with Crippen LogP contribution in [0.1, 0.15) is 44.5 Å². The van der Waals surface area contributed by atoms with Gasteiger partial charge in [-0.3, -0.25) is 4.79 Å². The number of benzene rings is 1. The van der Waals surface area contributed by atoms with E-state index < -0.39 is 0 Å². The fraction of sp³-hybridized carbons (Fsp3) is 0.273. The van der Waals surface area contributed by atoms with Crippen molar-refractivity contribution in [1.29, 1.82) is 0 Å². The first-order valence-electron chi connectivity index (χ1n) is 8.87. The summed E-state index contributed by atoms with van der Waals surface area (Å²) < 4.78 is 0. The van der Waals surface area contributed by atoms with Gasteiger partial charge < -0.3 is 10.6 Å². The van der Waals surface area contributed by atoms with Crippen LogP contribution in [0.2, 0.25) is 0 Å². The number of hydrogen-bond acceptors (Lipinski definition) is 3. The van der Waals surface area contributed by atoms with Crippen LogP contribution in [-0.4, -0.2) is 18.7 Å². The molecule has 0 saturated carbocycles. The fourth-order valence-electron chi connectivity index (χ4n) is 2.56. The van der Waals surface area contributed by atoms with Gasteiger partial charge in [-0.1, -0.05) is 42.9 Å². The first kappa shape index (κ1) is 19.4. The third-order valence-corrected chi connectivity index (χ3v) is 4.25. The van der Waals surface area contributed by atoms with Crippen LogP contribution in [0.4, 0.5) is 5.69 Å². The van der Waals surface area contributed by atoms with E-state index in [0.717, 1.165) is 34.8 Å². The first-order valence-corrected chi connectivity index (χ1v) is 8.87. The van der Waals surface area contributed by atoms with E-state index in [4.69, 9.17) is 4.99 Å². The average Bonchev–Trinajstić information content (AvgIpc) is 2.67. The summed E-state index contributed by atoms with van der Waals surface area (Å²) >= 11 is 0. The van der Waals surface area contributed by atoms with Gasteiger partial charge in [0.1, 0.15) is 5.82 Å². The lowest BCUT2D eigenvalue weighted by Gasteiger charge is -2.16. The van der Waals surface area contributed by atoms with Crippen molar-refractivity contribution in [2.45, 2.75) is 34.1 Å². The van der Waals surface area contributed by atoms with Crippen molar-refractivity contribution in [3.8, 4) is 0 Å². The number of carbonyl (C=O) groups is 1. The van der Waals surface area contributed by atoms with E-state index in [9.17, 15) is 4.79 Å². The third-order valence-electron chi connectivity index (χ3n) is 4.25. The molecule has 0 fully saturated rings. The van der Waals surface area contributed by atoms with Crippen LogP contribution < -0.4 is 10.6 Å². The van der Waals surface area contributed by atoms with Gasteiger partial charge in [0, 0.05) is 7.05 Å². The normalized spacial score (nSPS) is 16.4. The lowest BCUT2D eigenvalue weighted by atomic mass is 9.98. The number of aliphatic imine (C=N–C) groups is 1. The summed E-state index contributed by atoms with van der Waals surface area (Å²) in [4.78, 5) is 17.0. The smallest absolute Gasteiger partial charge is 0.253 e. The van der Waals surface area contributed by atoms with Gasteiger partial charge in [-0.05, 0) is 56.5 Å². The summed E-state index contributed by atoms with van der Waals surface area (Å²) in [6.07, 6.45) is 9.11. The zero-order valence-electron chi connectivity index (χ0n) is 16.2. The highest BCUT2D eigenvalue weighted by Crippen LogP contribution is 2.22. The maximum absolute atomic E-state index is 12.1. The Balaban J connectivity index is 2.44. The lowest BCUT2D eigenvalue weighted by Crippen LogP contribution is -2.19. The SMILES string of the molecule is CC/C(C)=C1\C=CC=C\C1=N\C(Nc1ccccc1C(=O)NC)=C(C)C. The molecule has 4 heteroatoms. The number of anilines is 1. The van der Waals surface area contributed by atoms with Crippen molar-refractivity contribution in [2.75, 3.05) is 12.4 Å². The van der Waals surface area contributed by atoms with Crippen LogP contribution in [0.3, 0.4) is 0 Å². The molecule has 0 spiro atoms. The second-order valence-corrected chi connectivity index (χ2v) is 6.36. The number of allylic oxidation sites excluding steroid dienone is 7. The number of para-hydroxylation sites is 1. The van der Waals surface area contributed by atoms with Crippen molar-refractivity contribution in [3.63, 3.8) is 0 Å². The molecule has 2 rings (SSSR count). The van der Waals surface area contributed by atoms with Crippen LogP contribution >= 0.6 is 0 Å². The zero-order valence-corrected chi connectivity index (χ0v) is 16.2. The maximum atomic E-state index is 12.1. The Labute approximate surface area is 156 Å². The van der Waals surface area contributed by atoms with Crippen LogP contribution in [0, 0.1) is 0 Å². The molecule has 0 saturated heterocycles. The van der Waals surface area contributed by atoms with Gasteiger partial charge in [-0.25, -0.2) is 4.99 Å². The Kier molecular flexibility index (Phi) is 6.73. The summed E-state index contributed by atoms with van der Waals surface area (Å²) in [7, 11) is 1.63. The standard InChI is InChI=1S/C22H27N3O/c1-6-16(4)17-11-7-9-13-19(17)24-21(15(2)3)25-20-14-10-8-12-18(20)22(26)23-5/h7-14,25H,6H2,1-5H3,(H,23,26)/b17-16+,24-19-. The van der Waals surface area contributed by atoms with E-state index in [1.165, 1.54) is 5.57 Å². The second kappa shape index (κ2) is 8.99. The van der Waals surface area contributed by atoms with E-state index >= 15 is 0 Å². The van der Waals surface area contributed by atoms with E-state index in [1.54, 1.807) is 13.1 Å². The quantitative estimate of drug-likeness (QED) is 0.786. The topological polar surface area (TPSA) is 53.5 Å². The molecule has 1 aromatic carbocycles. The molecule has 0 aliphatic heterocycles. The van der Waals surface area contributed by atoms with Gasteiger partial charge in [0.2, 0.25) is 0 Å². The zero-order chi connectivity index (χ0) is 19.1. The second-order valence-electron chi connectivity index (χ2n) is 6.36. The highest BCUT2D eigenvalue weighted by atomic mass is 16.1.